The van der Waals surface area contributed by atoms with Crippen LogP contribution in [0.5, 0.6) is 0 Å². The molecule has 1 unspecified atom stereocenters. The van der Waals surface area contributed by atoms with E-state index in [2.05, 4.69) is 25.7 Å². The maximum atomic E-state index is 2.84. The molecule has 120 valence electrons. The van der Waals surface area contributed by atoms with Crippen LogP contribution in [0, 0.1) is 0 Å². The van der Waals surface area contributed by atoms with Gasteiger partial charge in [-0.1, -0.05) is 71.6 Å². The summed E-state index contributed by atoms with van der Waals surface area (Å²) in [7, 11) is 0. The van der Waals surface area contributed by atoms with Crippen LogP contribution in [0.2, 0.25) is 0 Å². The minimum atomic E-state index is 0.502. The highest BCUT2D eigenvalue weighted by Gasteiger charge is 2.31. The Kier molecular flexibility index (Phi) is 9.59. The Labute approximate surface area is 128 Å². The van der Waals surface area contributed by atoms with Crippen LogP contribution in [-0.4, -0.2) is 23.5 Å². The molecule has 1 fully saturated rings. The SMILES string of the molecule is CCCCCCCC(C)(CCCCC)N1CCCCC1. The third-order valence-electron chi connectivity index (χ3n) is 5.26. The van der Waals surface area contributed by atoms with Gasteiger partial charge in [-0.15, -0.1) is 0 Å². The number of hydrogen-bond donors (Lipinski definition) is 0. The van der Waals surface area contributed by atoms with Gasteiger partial charge in [-0.3, -0.25) is 4.90 Å². The van der Waals surface area contributed by atoms with E-state index in [1.807, 2.05) is 0 Å². The molecule has 20 heavy (non-hydrogen) atoms. The second-order valence-electron chi connectivity index (χ2n) is 7.17. The van der Waals surface area contributed by atoms with Gasteiger partial charge in [0, 0.05) is 5.54 Å². The van der Waals surface area contributed by atoms with E-state index in [0.717, 1.165) is 0 Å². The smallest absolute Gasteiger partial charge is 0.0181 e. The molecular weight excluding hydrogens is 242 g/mol. The molecule has 0 aliphatic carbocycles. The number of likely N-dealkylation sites (tertiary alicyclic amines) is 1. The lowest BCUT2D eigenvalue weighted by atomic mass is 9.85. The molecule has 0 aromatic rings. The standard InChI is InChI=1S/C19H39N/c1-4-6-8-9-12-16-19(3,15-11-7-5-2)20-17-13-10-14-18-20/h4-18H2,1-3H3. The molecule has 1 heteroatoms. The van der Waals surface area contributed by atoms with Crippen molar-refractivity contribution in [3.63, 3.8) is 0 Å². The Morgan fingerprint density at radius 3 is 1.80 bits per heavy atom. The van der Waals surface area contributed by atoms with Crippen LogP contribution < -0.4 is 0 Å². The first-order valence-corrected chi connectivity index (χ1v) is 9.48. The summed E-state index contributed by atoms with van der Waals surface area (Å²) in [5.41, 5.74) is 0.502. The summed E-state index contributed by atoms with van der Waals surface area (Å²) >= 11 is 0. The van der Waals surface area contributed by atoms with Crippen molar-refractivity contribution in [1.82, 2.24) is 4.90 Å². The highest BCUT2D eigenvalue weighted by molar-refractivity contribution is 4.87. The summed E-state index contributed by atoms with van der Waals surface area (Å²) < 4.78 is 0. The zero-order valence-corrected chi connectivity index (χ0v) is 14.6. The van der Waals surface area contributed by atoms with Crippen molar-refractivity contribution in [2.45, 2.75) is 110 Å². The first-order valence-electron chi connectivity index (χ1n) is 9.48. The third-order valence-corrected chi connectivity index (χ3v) is 5.26. The lowest BCUT2D eigenvalue weighted by Crippen LogP contribution is -2.48. The highest BCUT2D eigenvalue weighted by Crippen LogP contribution is 2.31. The summed E-state index contributed by atoms with van der Waals surface area (Å²) in [6.45, 7) is 9.91. The molecule has 0 spiro atoms. The van der Waals surface area contributed by atoms with E-state index >= 15 is 0 Å². The molecule has 1 saturated heterocycles. The van der Waals surface area contributed by atoms with Gasteiger partial charge in [0.05, 0.1) is 0 Å². The number of piperidine rings is 1. The first-order chi connectivity index (χ1) is 9.73. The molecule has 1 heterocycles. The second-order valence-corrected chi connectivity index (χ2v) is 7.17. The van der Waals surface area contributed by atoms with Gasteiger partial charge in [-0.05, 0) is 45.7 Å². The van der Waals surface area contributed by atoms with Gasteiger partial charge in [0.25, 0.3) is 0 Å². The van der Waals surface area contributed by atoms with Gasteiger partial charge in [0.15, 0.2) is 0 Å². The summed E-state index contributed by atoms with van der Waals surface area (Å²) in [4.78, 5) is 2.84. The zero-order valence-electron chi connectivity index (χ0n) is 14.6. The van der Waals surface area contributed by atoms with Crippen LogP contribution in [-0.2, 0) is 0 Å². The lowest BCUT2D eigenvalue weighted by Gasteiger charge is -2.44. The van der Waals surface area contributed by atoms with E-state index in [-0.39, 0.29) is 0 Å². The van der Waals surface area contributed by atoms with Crippen LogP contribution in [0.1, 0.15) is 104 Å². The summed E-state index contributed by atoms with van der Waals surface area (Å²) in [6, 6.07) is 0. The number of rotatable bonds is 11. The quantitative estimate of drug-likeness (QED) is 0.409. The molecule has 1 aliphatic heterocycles. The molecule has 0 bridgehead atoms. The second kappa shape index (κ2) is 10.7. The van der Waals surface area contributed by atoms with Gasteiger partial charge in [-0.25, -0.2) is 0 Å². The molecule has 0 aromatic carbocycles. The van der Waals surface area contributed by atoms with Gasteiger partial charge in [-0.2, -0.15) is 0 Å². The Balaban J connectivity index is 2.40. The fraction of sp³-hybridized carbons (Fsp3) is 1.00. The third kappa shape index (κ3) is 6.61. The van der Waals surface area contributed by atoms with E-state index in [1.165, 1.54) is 96.6 Å². The molecule has 1 rings (SSSR count). The fourth-order valence-corrected chi connectivity index (χ4v) is 3.74. The van der Waals surface area contributed by atoms with Crippen LogP contribution in [0.15, 0.2) is 0 Å². The van der Waals surface area contributed by atoms with Crippen molar-refractivity contribution in [3.05, 3.63) is 0 Å². The maximum absolute atomic E-state index is 2.84. The largest absolute Gasteiger partial charge is 0.298 e. The minimum absolute atomic E-state index is 0.502. The van der Waals surface area contributed by atoms with E-state index in [9.17, 15) is 0 Å². The topological polar surface area (TPSA) is 3.24 Å². The average molecular weight is 282 g/mol. The van der Waals surface area contributed by atoms with E-state index in [0.29, 0.717) is 5.54 Å². The maximum Gasteiger partial charge on any atom is 0.0181 e. The summed E-state index contributed by atoms with van der Waals surface area (Å²) in [5.74, 6) is 0. The van der Waals surface area contributed by atoms with E-state index in [4.69, 9.17) is 0 Å². The molecule has 0 N–H and O–H groups in total. The summed E-state index contributed by atoms with van der Waals surface area (Å²) in [6.07, 6.45) is 18.5. The molecule has 1 atom stereocenters. The first kappa shape index (κ1) is 18.0. The zero-order chi connectivity index (χ0) is 14.7. The number of unbranched alkanes of at least 4 members (excludes halogenated alkanes) is 6. The van der Waals surface area contributed by atoms with Crippen molar-refractivity contribution in [2.75, 3.05) is 13.1 Å². The molecule has 1 nitrogen and oxygen atoms in total. The normalized spacial score (nSPS) is 19.9. The van der Waals surface area contributed by atoms with E-state index in [1.54, 1.807) is 0 Å². The lowest BCUT2D eigenvalue weighted by molar-refractivity contribution is 0.0607. The van der Waals surface area contributed by atoms with Crippen molar-refractivity contribution < 1.29 is 0 Å². The Hall–Kier alpha value is -0.0400. The van der Waals surface area contributed by atoms with Crippen LogP contribution >= 0.6 is 0 Å². The summed E-state index contributed by atoms with van der Waals surface area (Å²) in [5, 5.41) is 0. The Bertz CT molecular complexity index is 220. The van der Waals surface area contributed by atoms with Gasteiger partial charge in [0.1, 0.15) is 0 Å². The Morgan fingerprint density at radius 1 is 0.700 bits per heavy atom. The van der Waals surface area contributed by atoms with Gasteiger partial charge in [0.2, 0.25) is 0 Å². The van der Waals surface area contributed by atoms with Gasteiger partial charge >= 0.3 is 0 Å². The van der Waals surface area contributed by atoms with Crippen LogP contribution in [0.25, 0.3) is 0 Å². The Morgan fingerprint density at radius 2 is 1.20 bits per heavy atom. The number of hydrogen-bond acceptors (Lipinski definition) is 1. The monoisotopic (exact) mass is 281 g/mol. The van der Waals surface area contributed by atoms with Crippen LogP contribution in [0.4, 0.5) is 0 Å². The van der Waals surface area contributed by atoms with Gasteiger partial charge < -0.3 is 0 Å². The van der Waals surface area contributed by atoms with Crippen LogP contribution in [0.3, 0.4) is 0 Å². The average Bonchev–Trinajstić information content (AvgIpc) is 2.48. The molecular formula is C19H39N. The van der Waals surface area contributed by atoms with Crippen molar-refractivity contribution in [2.24, 2.45) is 0 Å². The van der Waals surface area contributed by atoms with Crippen molar-refractivity contribution in [3.8, 4) is 0 Å². The molecule has 0 amide bonds. The fourth-order valence-electron chi connectivity index (χ4n) is 3.74. The predicted octanol–water partition coefficient (Wildman–Crippen LogP) is 6.17. The molecule has 0 radical (unpaired) electrons. The number of nitrogens with zero attached hydrogens (tertiary/aromatic N) is 1. The predicted molar refractivity (Wildman–Crippen MR) is 91.3 cm³/mol. The molecule has 1 aliphatic rings. The van der Waals surface area contributed by atoms with E-state index < -0.39 is 0 Å². The van der Waals surface area contributed by atoms with Crippen molar-refractivity contribution >= 4 is 0 Å². The van der Waals surface area contributed by atoms with Crippen molar-refractivity contribution in [1.29, 1.82) is 0 Å². The minimum Gasteiger partial charge on any atom is -0.298 e. The molecule has 0 aromatic heterocycles. The molecule has 0 saturated carbocycles. The highest BCUT2D eigenvalue weighted by atomic mass is 15.2.